The Morgan fingerprint density at radius 3 is 2.50 bits per heavy atom. The van der Waals surface area contributed by atoms with Crippen LogP contribution in [0.5, 0.6) is 0 Å². The molecule has 1 unspecified atom stereocenters. The van der Waals surface area contributed by atoms with Gasteiger partial charge in [-0.25, -0.2) is 0 Å². The van der Waals surface area contributed by atoms with Gasteiger partial charge in [-0.2, -0.15) is 13.2 Å². The maximum Gasteiger partial charge on any atom is 0.416 e. The number of benzene rings is 1. The monoisotopic (exact) mass is 247 g/mol. The Morgan fingerprint density at radius 2 is 2.00 bits per heavy atom. The van der Waals surface area contributed by atoms with Crippen molar-refractivity contribution in [3.05, 3.63) is 28.8 Å². The minimum atomic E-state index is -4.42. The highest BCUT2D eigenvalue weighted by Crippen LogP contribution is 2.33. The zero-order valence-electron chi connectivity index (χ0n) is 8.40. The van der Waals surface area contributed by atoms with Crippen molar-refractivity contribution in [1.29, 1.82) is 0 Å². The standard InChI is InChI=1S/C11H9ClF3N/c1-3-7(2)16-10-5-8(11(13,14)15)4-9(12)6-10/h1,4-7,16H,2H3. The first-order valence-electron chi connectivity index (χ1n) is 4.43. The molecule has 0 radical (unpaired) electrons. The molecule has 0 heterocycles. The Morgan fingerprint density at radius 1 is 1.38 bits per heavy atom. The van der Waals surface area contributed by atoms with Crippen LogP contribution in [-0.2, 0) is 6.18 Å². The van der Waals surface area contributed by atoms with Gasteiger partial charge in [-0.05, 0) is 25.1 Å². The molecule has 0 aliphatic heterocycles. The Hall–Kier alpha value is -1.34. The highest BCUT2D eigenvalue weighted by Gasteiger charge is 2.31. The summed E-state index contributed by atoms with van der Waals surface area (Å²) in [5.41, 5.74) is -0.544. The molecule has 1 N–H and O–H groups in total. The van der Waals surface area contributed by atoms with E-state index in [1.165, 1.54) is 6.07 Å². The molecule has 0 amide bonds. The van der Waals surface area contributed by atoms with Gasteiger partial charge in [-0.3, -0.25) is 0 Å². The van der Waals surface area contributed by atoms with Crippen molar-refractivity contribution in [1.82, 2.24) is 0 Å². The summed E-state index contributed by atoms with van der Waals surface area (Å²) in [5.74, 6) is 2.36. The van der Waals surface area contributed by atoms with Crippen molar-refractivity contribution < 1.29 is 13.2 Å². The van der Waals surface area contributed by atoms with Gasteiger partial charge in [-0.15, -0.1) is 6.42 Å². The van der Waals surface area contributed by atoms with Crippen molar-refractivity contribution in [3.63, 3.8) is 0 Å². The number of alkyl halides is 3. The van der Waals surface area contributed by atoms with E-state index < -0.39 is 11.7 Å². The Kier molecular flexibility index (Phi) is 3.71. The van der Waals surface area contributed by atoms with Gasteiger partial charge in [0.15, 0.2) is 0 Å². The second kappa shape index (κ2) is 4.67. The molecule has 86 valence electrons. The number of anilines is 1. The van der Waals surface area contributed by atoms with Crippen LogP contribution in [0.1, 0.15) is 12.5 Å². The first-order valence-corrected chi connectivity index (χ1v) is 4.81. The third-order valence-corrected chi connectivity index (χ3v) is 2.08. The summed E-state index contributed by atoms with van der Waals surface area (Å²) in [6.07, 6.45) is 0.698. The van der Waals surface area contributed by atoms with Gasteiger partial charge in [-0.1, -0.05) is 17.5 Å². The fourth-order valence-electron chi connectivity index (χ4n) is 1.13. The Balaban J connectivity index is 3.05. The molecular weight excluding hydrogens is 239 g/mol. The maximum absolute atomic E-state index is 12.4. The molecule has 1 rings (SSSR count). The van der Waals surface area contributed by atoms with E-state index in [-0.39, 0.29) is 16.8 Å². The molecule has 0 aromatic heterocycles. The maximum atomic E-state index is 12.4. The van der Waals surface area contributed by atoms with Crippen LogP contribution in [-0.4, -0.2) is 6.04 Å². The number of nitrogens with one attached hydrogen (secondary N) is 1. The highest BCUT2D eigenvalue weighted by atomic mass is 35.5. The molecule has 0 bridgehead atoms. The third-order valence-electron chi connectivity index (χ3n) is 1.86. The summed E-state index contributed by atoms with van der Waals surface area (Å²) >= 11 is 5.59. The zero-order valence-corrected chi connectivity index (χ0v) is 9.15. The van der Waals surface area contributed by atoms with Gasteiger partial charge in [0, 0.05) is 10.7 Å². The fraction of sp³-hybridized carbons (Fsp3) is 0.273. The normalized spacial score (nSPS) is 13.0. The van der Waals surface area contributed by atoms with Crippen LogP contribution in [0.4, 0.5) is 18.9 Å². The van der Waals surface area contributed by atoms with Crippen LogP contribution in [0.2, 0.25) is 5.02 Å². The van der Waals surface area contributed by atoms with E-state index in [1.54, 1.807) is 6.92 Å². The van der Waals surface area contributed by atoms with Crippen molar-refractivity contribution in [2.24, 2.45) is 0 Å². The predicted octanol–water partition coefficient (Wildman–Crippen LogP) is 3.79. The van der Waals surface area contributed by atoms with E-state index in [9.17, 15) is 13.2 Å². The SMILES string of the molecule is C#CC(C)Nc1cc(Cl)cc(C(F)(F)F)c1. The smallest absolute Gasteiger partial charge is 0.372 e. The number of terminal acetylenes is 1. The lowest BCUT2D eigenvalue weighted by Gasteiger charge is -2.13. The molecule has 0 saturated heterocycles. The zero-order chi connectivity index (χ0) is 12.3. The van der Waals surface area contributed by atoms with Crippen molar-refractivity contribution >= 4 is 17.3 Å². The van der Waals surface area contributed by atoms with E-state index in [4.69, 9.17) is 18.0 Å². The average molecular weight is 248 g/mol. The molecule has 0 fully saturated rings. The van der Waals surface area contributed by atoms with Gasteiger partial charge in [0.05, 0.1) is 11.6 Å². The second-order valence-corrected chi connectivity index (χ2v) is 3.70. The molecule has 16 heavy (non-hydrogen) atoms. The van der Waals surface area contributed by atoms with Crippen molar-refractivity contribution in [2.75, 3.05) is 5.32 Å². The molecule has 1 aromatic carbocycles. The number of halogens is 4. The Labute approximate surface area is 96.6 Å². The second-order valence-electron chi connectivity index (χ2n) is 3.26. The van der Waals surface area contributed by atoms with Gasteiger partial charge in [0.2, 0.25) is 0 Å². The molecule has 1 aromatic rings. The topological polar surface area (TPSA) is 12.0 Å². The number of hydrogen-bond donors (Lipinski definition) is 1. The van der Waals surface area contributed by atoms with Crippen molar-refractivity contribution in [3.8, 4) is 12.3 Å². The molecule has 0 aliphatic carbocycles. The quantitative estimate of drug-likeness (QED) is 0.784. The van der Waals surface area contributed by atoms with E-state index in [0.717, 1.165) is 12.1 Å². The van der Waals surface area contributed by atoms with Crippen LogP contribution in [0.15, 0.2) is 18.2 Å². The predicted molar refractivity (Wildman–Crippen MR) is 58.4 cm³/mol. The van der Waals surface area contributed by atoms with Crippen LogP contribution in [0.3, 0.4) is 0 Å². The summed E-state index contributed by atoms with van der Waals surface area (Å²) in [7, 11) is 0. The first kappa shape index (κ1) is 12.7. The lowest BCUT2D eigenvalue weighted by Crippen LogP contribution is -2.13. The first-order chi connectivity index (χ1) is 7.32. The lowest BCUT2D eigenvalue weighted by atomic mass is 10.2. The van der Waals surface area contributed by atoms with E-state index in [2.05, 4.69) is 11.2 Å². The molecule has 0 spiro atoms. The van der Waals surface area contributed by atoms with Gasteiger partial charge in [0.1, 0.15) is 0 Å². The van der Waals surface area contributed by atoms with Crippen LogP contribution >= 0.6 is 11.6 Å². The van der Waals surface area contributed by atoms with Crippen molar-refractivity contribution in [2.45, 2.75) is 19.1 Å². The highest BCUT2D eigenvalue weighted by molar-refractivity contribution is 6.30. The van der Waals surface area contributed by atoms with Crippen LogP contribution in [0.25, 0.3) is 0 Å². The Bertz CT molecular complexity index is 420. The minimum Gasteiger partial charge on any atom is -0.372 e. The summed E-state index contributed by atoms with van der Waals surface area (Å²) in [6, 6.07) is 2.87. The van der Waals surface area contributed by atoms with Gasteiger partial charge >= 0.3 is 6.18 Å². The molecule has 1 atom stereocenters. The number of hydrogen-bond acceptors (Lipinski definition) is 1. The van der Waals surface area contributed by atoms with Crippen LogP contribution in [0, 0.1) is 12.3 Å². The molecule has 0 aliphatic rings. The fourth-order valence-corrected chi connectivity index (χ4v) is 1.36. The summed E-state index contributed by atoms with van der Waals surface area (Å²) in [4.78, 5) is 0. The van der Waals surface area contributed by atoms with Gasteiger partial charge in [0.25, 0.3) is 0 Å². The largest absolute Gasteiger partial charge is 0.416 e. The molecular formula is C11H9ClF3N. The van der Waals surface area contributed by atoms with Gasteiger partial charge < -0.3 is 5.32 Å². The summed E-state index contributed by atoms with van der Waals surface area (Å²) in [6.45, 7) is 1.66. The average Bonchev–Trinajstić information content (AvgIpc) is 2.15. The summed E-state index contributed by atoms with van der Waals surface area (Å²) in [5, 5.41) is 2.74. The molecule has 0 saturated carbocycles. The van der Waals surface area contributed by atoms with E-state index in [0.29, 0.717) is 0 Å². The van der Waals surface area contributed by atoms with E-state index >= 15 is 0 Å². The summed E-state index contributed by atoms with van der Waals surface area (Å²) < 4.78 is 37.3. The number of rotatable bonds is 2. The lowest BCUT2D eigenvalue weighted by molar-refractivity contribution is -0.137. The molecule has 1 nitrogen and oxygen atoms in total. The minimum absolute atomic E-state index is 0.0153. The molecule has 5 heteroatoms. The third kappa shape index (κ3) is 3.35. The van der Waals surface area contributed by atoms with E-state index in [1.807, 2.05) is 0 Å². The van der Waals surface area contributed by atoms with Crippen LogP contribution < -0.4 is 5.32 Å².